The Balaban J connectivity index is 1.87. The minimum atomic E-state index is 0.0105. The van der Waals surface area contributed by atoms with E-state index in [4.69, 9.17) is 14.0 Å². The van der Waals surface area contributed by atoms with Crippen LogP contribution in [0.15, 0.2) is 23.1 Å². The van der Waals surface area contributed by atoms with E-state index < -0.39 is 0 Å². The standard InChI is InChI=1S/C17H26O4S/c1-11(2)14-6-4-12(3)8-16(14)21-10-20-13-5-7-17(22-19)15(18)9-13/h5,7,9,11-12,14,16,18-19H,4,6,8,10H2,1-3H3/t12-,14+,16-/m1/s1. The van der Waals surface area contributed by atoms with E-state index in [1.165, 1.54) is 18.9 Å². The van der Waals surface area contributed by atoms with E-state index in [-0.39, 0.29) is 18.6 Å². The summed E-state index contributed by atoms with van der Waals surface area (Å²) in [7, 11) is 0. The smallest absolute Gasteiger partial charge is 0.189 e. The Morgan fingerprint density at radius 3 is 2.73 bits per heavy atom. The fraction of sp³-hybridized carbons (Fsp3) is 0.647. The molecule has 0 radical (unpaired) electrons. The molecule has 1 aromatic rings. The maximum Gasteiger partial charge on any atom is 0.189 e. The van der Waals surface area contributed by atoms with Gasteiger partial charge in [0.2, 0.25) is 0 Å². The predicted molar refractivity (Wildman–Crippen MR) is 88.3 cm³/mol. The molecule has 5 heteroatoms. The van der Waals surface area contributed by atoms with Crippen LogP contribution in [-0.2, 0) is 4.74 Å². The molecule has 4 nitrogen and oxygen atoms in total. The van der Waals surface area contributed by atoms with Crippen molar-refractivity contribution in [2.24, 2.45) is 17.8 Å². The van der Waals surface area contributed by atoms with Crippen molar-refractivity contribution < 1.29 is 19.1 Å². The molecule has 2 N–H and O–H groups in total. The second-order valence-corrected chi connectivity index (χ2v) is 7.14. The van der Waals surface area contributed by atoms with Gasteiger partial charge in [-0.25, -0.2) is 0 Å². The van der Waals surface area contributed by atoms with Gasteiger partial charge < -0.3 is 19.1 Å². The summed E-state index contributed by atoms with van der Waals surface area (Å²) in [6, 6.07) is 4.82. The summed E-state index contributed by atoms with van der Waals surface area (Å²) < 4.78 is 20.5. The second-order valence-electron chi connectivity index (χ2n) is 6.51. The van der Waals surface area contributed by atoms with Gasteiger partial charge >= 0.3 is 0 Å². The summed E-state index contributed by atoms with van der Waals surface area (Å²) in [6.07, 6.45) is 3.81. The Morgan fingerprint density at radius 2 is 2.09 bits per heavy atom. The van der Waals surface area contributed by atoms with Crippen LogP contribution in [0.1, 0.15) is 40.0 Å². The van der Waals surface area contributed by atoms with E-state index in [9.17, 15) is 5.11 Å². The monoisotopic (exact) mass is 326 g/mol. The highest BCUT2D eigenvalue weighted by Gasteiger charge is 2.31. The molecule has 0 unspecified atom stereocenters. The van der Waals surface area contributed by atoms with Gasteiger partial charge in [0.1, 0.15) is 11.5 Å². The number of benzene rings is 1. The Hall–Kier alpha value is -0.910. The average Bonchev–Trinajstić information content (AvgIpc) is 2.47. The van der Waals surface area contributed by atoms with E-state index in [2.05, 4.69) is 20.8 Å². The Kier molecular flexibility index (Phi) is 6.41. The van der Waals surface area contributed by atoms with Gasteiger partial charge in [-0.05, 0) is 42.7 Å². The van der Waals surface area contributed by atoms with Crippen molar-refractivity contribution >= 4 is 12.0 Å². The molecule has 0 heterocycles. The summed E-state index contributed by atoms with van der Waals surface area (Å²) in [5.41, 5.74) is 0. The first-order valence-electron chi connectivity index (χ1n) is 7.90. The van der Waals surface area contributed by atoms with E-state index in [1.807, 2.05) is 0 Å². The molecule has 0 amide bonds. The maximum absolute atomic E-state index is 9.69. The van der Waals surface area contributed by atoms with Gasteiger partial charge in [0.15, 0.2) is 6.79 Å². The summed E-state index contributed by atoms with van der Waals surface area (Å²) in [6.45, 7) is 6.96. The first-order chi connectivity index (χ1) is 10.5. The third kappa shape index (κ3) is 4.54. The molecule has 1 fully saturated rings. The molecule has 22 heavy (non-hydrogen) atoms. The molecule has 1 aromatic carbocycles. The number of phenols is 1. The number of rotatable bonds is 6. The molecule has 0 spiro atoms. The number of aromatic hydroxyl groups is 1. The van der Waals surface area contributed by atoms with E-state index in [1.54, 1.807) is 12.1 Å². The van der Waals surface area contributed by atoms with Crippen molar-refractivity contribution in [1.82, 2.24) is 0 Å². The molecule has 0 aliphatic heterocycles. The van der Waals surface area contributed by atoms with Crippen molar-refractivity contribution in [2.45, 2.75) is 51.0 Å². The van der Waals surface area contributed by atoms with Crippen LogP contribution in [0.5, 0.6) is 11.5 Å². The highest BCUT2D eigenvalue weighted by Crippen LogP contribution is 2.35. The van der Waals surface area contributed by atoms with E-state index >= 15 is 0 Å². The third-order valence-corrected chi connectivity index (χ3v) is 5.04. The van der Waals surface area contributed by atoms with Crippen LogP contribution in [0.4, 0.5) is 0 Å². The van der Waals surface area contributed by atoms with Crippen LogP contribution >= 0.6 is 12.0 Å². The Morgan fingerprint density at radius 1 is 1.32 bits per heavy atom. The normalized spacial score (nSPS) is 25.4. The molecule has 2 rings (SSSR count). The lowest BCUT2D eigenvalue weighted by atomic mass is 9.75. The van der Waals surface area contributed by atoms with Crippen molar-refractivity contribution in [3.05, 3.63) is 18.2 Å². The van der Waals surface area contributed by atoms with Crippen molar-refractivity contribution in [3.63, 3.8) is 0 Å². The van der Waals surface area contributed by atoms with Crippen LogP contribution < -0.4 is 4.74 Å². The lowest BCUT2D eigenvalue weighted by Gasteiger charge is -2.36. The molecule has 1 saturated carbocycles. The highest BCUT2D eigenvalue weighted by atomic mass is 32.2. The first kappa shape index (κ1) is 17.4. The van der Waals surface area contributed by atoms with Crippen LogP contribution in [0.2, 0.25) is 0 Å². The summed E-state index contributed by atoms with van der Waals surface area (Å²) in [4.78, 5) is 0.411. The fourth-order valence-corrected chi connectivity index (χ4v) is 3.44. The number of hydrogen-bond donors (Lipinski definition) is 2. The SMILES string of the molecule is CC(C)[C@@H]1CC[C@@H](C)C[C@H]1OCOc1ccc(SO)c(O)c1. The van der Waals surface area contributed by atoms with E-state index in [0.29, 0.717) is 40.4 Å². The zero-order valence-corrected chi connectivity index (χ0v) is 14.3. The molecule has 3 atom stereocenters. The molecular weight excluding hydrogens is 300 g/mol. The minimum absolute atomic E-state index is 0.0105. The molecule has 0 bridgehead atoms. The molecule has 1 aliphatic carbocycles. The lowest BCUT2D eigenvalue weighted by Crippen LogP contribution is -2.35. The lowest BCUT2D eigenvalue weighted by molar-refractivity contribution is -0.0917. The largest absolute Gasteiger partial charge is 0.507 e. The summed E-state index contributed by atoms with van der Waals surface area (Å²) in [5.74, 6) is 2.45. The quantitative estimate of drug-likeness (QED) is 0.582. The van der Waals surface area contributed by atoms with Gasteiger partial charge in [0.05, 0.1) is 11.0 Å². The van der Waals surface area contributed by atoms with Gasteiger partial charge in [-0.3, -0.25) is 0 Å². The molecular formula is C17H26O4S. The topological polar surface area (TPSA) is 58.9 Å². The van der Waals surface area contributed by atoms with Crippen molar-refractivity contribution in [2.75, 3.05) is 6.79 Å². The zero-order chi connectivity index (χ0) is 16.1. The van der Waals surface area contributed by atoms with Gasteiger partial charge in [0, 0.05) is 18.1 Å². The molecule has 1 aliphatic rings. The number of phenolic OH excluding ortho intramolecular Hbond substituents is 1. The summed E-state index contributed by atoms with van der Waals surface area (Å²) >= 11 is 0.518. The fourth-order valence-electron chi connectivity index (χ4n) is 3.16. The third-order valence-electron chi connectivity index (χ3n) is 4.50. The average molecular weight is 326 g/mol. The van der Waals surface area contributed by atoms with Crippen LogP contribution in [0, 0.1) is 17.8 Å². The van der Waals surface area contributed by atoms with Gasteiger partial charge in [-0.2, -0.15) is 0 Å². The van der Waals surface area contributed by atoms with Gasteiger partial charge in [0.25, 0.3) is 0 Å². The van der Waals surface area contributed by atoms with Gasteiger partial charge in [-0.1, -0.05) is 27.2 Å². The minimum Gasteiger partial charge on any atom is -0.507 e. The predicted octanol–water partition coefficient (Wildman–Crippen LogP) is 4.77. The second kappa shape index (κ2) is 8.09. The van der Waals surface area contributed by atoms with Crippen LogP contribution in [0.3, 0.4) is 0 Å². The number of ether oxygens (including phenoxy) is 2. The zero-order valence-electron chi connectivity index (χ0n) is 13.5. The first-order valence-corrected chi connectivity index (χ1v) is 8.67. The van der Waals surface area contributed by atoms with E-state index in [0.717, 1.165) is 6.42 Å². The molecule has 124 valence electrons. The van der Waals surface area contributed by atoms with Crippen molar-refractivity contribution in [3.8, 4) is 11.5 Å². The molecule has 0 aromatic heterocycles. The highest BCUT2D eigenvalue weighted by molar-refractivity contribution is 7.93. The van der Waals surface area contributed by atoms with Crippen LogP contribution in [-0.4, -0.2) is 22.6 Å². The van der Waals surface area contributed by atoms with Crippen molar-refractivity contribution in [1.29, 1.82) is 0 Å². The number of hydrogen-bond acceptors (Lipinski definition) is 5. The Labute approximate surface area is 137 Å². The Bertz CT molecular complexity index is 478. The summed E-state index contributed by atoms with van der Waals surface area (Å²) in [5, 5.41) is 9.69. The van der Waals surface area contributed by atoms with Crippen LogP contribution in [0.25, 0.3) is 0 Å². The maximum atomic E-state index is 9.69. The van der Waals surface area contributed by atoms with Gasteiger partial charge in [-0.15, -0.1) is 0 Å². The molecule has 0 saturated heterocycles.